The number of para-hydroxylation sites is 1. The number of methoxy groups -OCH3 is 1. The first-order chi connectivity index (χ1) is 7.70. The molecule has 0 saturated heterocycles. The molecule has 3 nitrogen and oxygen atoms in total. The summed E-state index contributed by atoms with van der Waals surface area (Å²) in [5.41, 5.74) is 3.50. The SMILES string of the molecule is COc1cccc2c(CCO)c(C)n(C)c12. The zero-order chi connectivity index (χ0) is 11.7. The standard InChI is InChI=1S/C13H17NO2/c1-9-10(7-8-15)11-5-4-6-12(16-3)13(11)14(9)2/h4-6,15H,7-8H2,1-3H3. The first kappa shape index (κ1) is 11.0. The number of ether oxygens (including phenoxy) is 1. The van der Waals surface area contributed by atoms with Crippen LogP contribution in [0.1, 0.15) is 11.3 Å². The quantitative estimate of drug-likeness (QED) is 0.857. The van der Waals surface area contributed by atoms with E-state index < -0.39 is 0 Å². The van der Waals surface area contributed by atoms with E-state index >= 15 is 0 Å². The Hall–Kier alpha value is -1.48. The molecule has 1 aromatic heterocycles. The van der Waals surface area contributed by atoms with Gasteiger partial charge in [0.15, 0.2) is 0 Å². The second-order valence-electron chi connectivity index (χ2n) is 3.95. The van der Waals surface area contributed by atoms with Crippen LogP contribution in [-0.2, 0) is 13.5 Å². The molecule has 16 heavy (non-hydrogen) atoms. The fraction of sp³-hybridized carbons (Fsp3) is 0.385. The molecule has 1 N–H and O–H groups in total. The molecule has 0 aliphatic carbocycles. The molecule has 0 bridgehead atoms. The van der Waals surface area contributed by atoms with Crippen molar-refractivity contribution in [2.24, 2.45) is 7.05 Å². The van der Waals surface area contributed by atoms with Crippen LogP contribution in [0.15, 0.2) is 18.2 Å². The topological polar surface area (TPSA) is 34.4 Å². The molecule has 1 aromatic carbocycles. The van der Waals surface area contributed by atoms with Crippen molar-refractivity contribution < 1.29 is 9.84 Å². The van der Waals surface area contributed by atoms with Gasteiger partial charge in [-0.05, 0) is 25.0 Å². The molecule has 0 saturated carbocycles. The maximum absolute atomic E-state index is 9.10. The van der Waals surface area contributed by atoms with Crippen LogP contribution in [0.5, 0.6) is 5.75 Å². The minimum atomic E-state index is 0.178. The molecule has 0 atom stereocenters. The molecule has 2 rings (SSSR count). The van der Waals surface area contributed by atoms with Gasteiger partial charge < -0.3 is 14.4 Å². The van der Waals surface area contributed by atoms with Crippen LogP contribution in [-0.4, -0.2) is 23.4 Å². The van der Waals surface area contributed by atoms with Crippen molar-refractivity contribution >= 4 is 10.9 Å². The third kappa shape index (κ3) is 1.48. The molecule has 0 radical (unpaired) electrons. The highest BCUT2D eigenvalue weighted by Crippen LogP contribution is 2.31. The van der Waals surface area contributed by atoms with E-state index in [-0.39, 0.29) is 6.61 Å². The van der Waals surface area contributed by atoms with E-state index in [0.29, 0.717) is 6.42 Å². The van der Waals surface area contributed by atoms with Gasteiger partial charge in [-0.1, -0.05) is 12.1 Å². The van der Waals surface area contributed by atoms with Gasteiger partial charge in [0.25, 0.3) is 0 Å². The molecule has 2 aromatic rings. The lowest BCUT2D eigenvalue weighted by atomic mass is 10.1. The highest BCUT2D eigenvalue weighted by Gasteiger charge is 2.14. The lowest BCUT2D eigenvalue weighted by Crippen LogP contribution is -1.95. The van der Waals surface area contributed by atoms with Gasteiger partial charge in [-0.15, -0.1) is 0 Å². The first-order valence-electron chi connectivity index (χ1n) is 5.42. The molecule has 0 spiro atoms. The summed E-state index contributed by atoms with van der Waals surface area (Å²) in [5, 5.41) is 10.3. The number of benzene rings is 1. The summed E-state index contributed by atoms with van der Waals surface area (Å²) < 4.78 is 7.50. The largest absolute Gasteiger partial charge is 0.495 e. The number of rotatable bonds is 3. The van der Waals surface area contributed by atoms with Gasteiger partial charge in [0.05, 0.1) is 12.6 Å². The fourth-order valence-corrected chi connectivity index (χ4v) is 2.27. The van der Waals surface area contributed by atoms with Crippen LogP contribution in [0.2, 0.25) is 0 Å². The Balaban J connectivity index is 2.78. The Bertz CT molecular complexity index is 514. The number of aryl methyl sites for hydroxylation is 1. The van der Waals surface area contributed by atoms with Gasteiger partial charge in [-0.2, -0.15) is 0 Å². The minimum absolute atomic E-state index is 0.178. The van der Waals surface area contributed by atoms with Crippen LogP contribution in [0.25, 0.3) is 10.9 Å². The molecule has 3 heteroatoms. The molecular formula is C13H17NO2. The fourth-order valence-electron chi connectivity index (χ4n) is 2.27. The van der Waals surface area contributed by atoms with Gasteiger partial charge in [0.1, 0.15) is 5.75 Å². The Labute approximate surface area is 95.3 Å². The Morgan fingerprint density at radius 2 is 2.12 bits per heavy atom. The normalized spacial score (nSPS) is 11.0. The monoisotopic (exact) mass is 219 g/mol. The van der Waals surface area contributed by atoms with E-state index in [0.717, 1.165) is 11.3 Å². The summed E-state index contributed by atoms with van der Waals surface area (Å²) in [5.74, 6) is 0.882. The van der Waals surface area contributed by atoms with E-state index in [9.17, 15) is 0 Å². The lowest BCUT2D eigenvalue weighted by Gasteiger charge is -2.04. The van der Waals surface area contributed by atoms with Crippen LogP contribution in [0.4, 0.5) is 0 Å². The molecule has 1 heterocycles. The third-order valence-corrected chi connectivity index (χ3v) is 3.18. The summed E-state index contributed by atoms with van der Waals surface area (Å²) in [4.78, 5) is 0. The van der Waals surface area contributed by atoms with E-state index in [4.69, 9.17) is 9.84 Å². The van der Waals surface area contributed by atoms with E-state index in [1.54, 1.807) is 7.11 Å². The zero-order valence-electron chi connectivity index (χ0n) is 9.95. The Kier molecular flexibility index (Phi) is 2.88. The summed E-state index contributed by atoms with van der Waals surface area (Å²) >= 11 is 0. The highest BCUT2D eigenvalue weighted by molar-refractivity contribution is 5.90. The number of hydrogen-bond acceptors (Lipinski definition) is 2. The third-order valence-electron chi connectivity index (χ3n) is 3.18. The highest BCUT2D eigenvalue weighted by atomic mass is 16.5. The van der Waals surface area contributed by atoms with Crippen LogP contribution in [0.3, 0.4) is 0 Å². The summed E-state index contributed by atoms with van der Waals surface area (Å²) in [6, 6.07) is 6.03. The summed E-state index contributed by atoms with van der Waals surface area (Å²) in [7, 11) is 3.71. The molecule has 0 fully saturated rings. The van der Waals surface area contributed by atoms with Crippen molar-refractivity contribution in [1.29, 1.82) is 0 Å². The number of hydrogen-bond donors (Lipinski definition) is 1. The molecule has 86 valence electrons. The van der Waals surface area contributed by atoms with E-state index in [1.807, 2.05) is 19.2 Å². The second kappa shape index (κ2) is 4.18. The van der Waals surface area contributed by atoms with Gasteiger partial charge in [0, 0.05) is 24.7 Å². The number of aliphatic hydroxyl groups is 1. The lowest BCUT2D eigenvalue weighted by molar-refractivity contribution is 0.299. The Morgan fingerprint density at radius 3 is 2.75 bits per heavy atom. The van der Waals surface area contributed by atoms with Gasteiger partial charge >= 0.3 is 0 Å². The molecule has 0 aliphatic rings. The number of nitrogens with zero attached hydrogens (tertiary/aromatic N) is 1. The van der Waals surface area contributed by atoms with Crippen molar-refractivity contribution in [3.63, 3.8) is 0 Å². The maximum Gasteiger partial charge on any atom is 0.143 e. The predicted molar refractivity (Wildman–Crippen MR) is 65.0 cm³/mol. The van der Waals surface area contributed by atoms with E-state index in [2.05, 4.69) is 17.6 Å². The first-order valence-corrected chi connectivity index (χ1v) is 5.42. The van der Waals surface area contributed by atoms with Crippen molar-refractivity contribution in [3.8, 4) is 5.75 Å². The number of aromatic nitrogens is 1. The minimum Gasteiger partial charge on any atom is -0.495 e. The average Bonchev–Trinajstić information content (AvgIpc) is 2.55. The van der Waals surface area contributed by atoms with Crippen molar-refractivity contribution in [2.75, 3.05) is 13.7 Å². The molecule has 0 aliphatic heterocycles. The maximum atomic E-state index is 9.10. The van der Waals surface area contributed by atoms with Crippen LogP contribution in [0, 0.1) is 6.92 Å². The van der Waals surface area contributed by atoms with Gasteiger partial charge in [-0.25, -0.2) is 0 Å². The molecular weight excluding hydrogens is 202 g/mol. The zero-order valence-corrected chi connectivity index (χ0v) is 9.95. The van der Waals surface area contributed by atoms with Gasteiger partial charge in [-0.3, -0.25) is 0 Å². The predicted octanol–water partition coefficient (Wildman–Crippen LogP) is 2.03. The van der Waals surface area contributed by atoms with Crippen molar-refractivity contribution in [3.05, 3.63) is 29.5 Å². The number of fused-ring (bicyclic) bond motifs is 1. The molecule has 0 amide bonds. The molecule has 0 unspecified atom stereocenters. The summed E-state index contributed by atoms with van der Waals surface area (Å²) in [6.07, 6.45) is 0.691. The second-order valence-corrected chi connectivity index (χ2v) is 3.95. The van der Waals surface area contributed by atoms with E-state index in [1.165, 1.54) is 16.6 Å². The average molecular weight is 219 g/mol. The smallest absolute Gasteiger partial charge is 0.143 e. The van der Waals surface area contributed by atoms with Crippen molar-refractivity contribution in [1.82, 2.24) is 4.57 Å². The Morgan fingerprint density at radius 1 is 1.38 bits per heavy atom. The number of aliphatic hydroxyl groups excluding tert-OH is 1. The summed E-state index contributed by atoms with van der Waals surface area (Å²) in [6.45, 7) is 2.25. The van der Waals surface area contributed by atoms with Crippen LogP contribution < -0.4 is 4.74 Å². The van der Waals surface area contributed by atoms with Crippen LogP contribution >= 0.6 is 0 Å². The van der Waals surface area contributed by atoms with Crippen molar-refractivity contribution in [2.45, 2.75) is 13.3 Å². The van der Waals surface area contributed by atoms with Gasteiger partial charge in [0.2, 0.25) is 0 Å².